The average Bonchev–Trinajstić information content (AvgIpc) is 3.01. The molecule has 158 valence electrons. The summed E-state index contributed by atoms with van der Waals surface area (Å²) in [7, 11) is 0. The van der Waals surface area contributed by atoms with Gasteiger partial charge >= 0.3 is 6.18 Å². The van der Waals surface area contributed by atoms with Crippen molar-refractivity contribution in [2.24, 2.45) is 0 Å². The van der Waals surface area contributed by atoms with Crippen molar-refractivity contribution in [3.05, 3.63) is 82.7 Å². The Balaban J connectivity index is 1.55. The van der Waals surface area contributed by atoms with Crippen LogP contribution in [0.4, 0.5) is 13.2 Å². The lowest BCUT2D eigenvalue weighted by Gasteiger charge is -2.13. The molecular weight excluding hydrogens is 395 g/mol. The van der Waals surface area contributed by atoms with Crippen molar-refractivity contribution < 1.29 is 22.7 Å². The highest BCUT2D eigenvalue weighted by atomic mass is 19.4. The number of nitrogens with zero attached hydrogens (tertiary/aromatic N) is 2. The molecule has 0 saturated carbocycles. The molecule has 0 unspecified atom stereocenters. The van der Waals surface area contributed by atoms with Gasteiger partial charge in [-0.25, -0.2) is 0 Å². The molecule has 1 amide bonds. The second kappa shape index (κ2) is 9.02. The van der Waals surface area contributed by atoms with Gasteiger partial charge in [-0.05, 0) is 43.2 Å². The highest BCUT2D eigenvalue weighted by Crippen LogP contribution is 2.35. The normalized spacial score (nSPS) is 11.4. The summed E-state index contributed by atoms with van der Waals surface area (Å²) in [4.78, 5) is 12.0. The van der Waals surface area contributed by atoms with Crippen molar-refractivity contribution in [1.82, 2.24) is 15.1 Å². The first-order valence-electron chi connectivity index (χ1n) is 9.37. The third-order valence-electron chi connectivity index (χ3n) is 4.47. The molecule has 0 aliphatic heterocycles. The lowest BCUT2D eigenvalue weighted by Crippen LogP contribution is -2.28. The van der Waals surface area contributed by atoms with Crippen molar-refractivity contribution >= 4 is 5.91 Å². The van der Waals surface area contributed by atoms with Crippen LogP contribution in [0.5, 0.6) is 5.75 Å². The Kier molecular flexibility index (Phi) is 6.44. The van der Waals surface area contributed by atoms with Gasteiger partial charge in [0.25, 0.3) is 5.91 Å². The highest BCUT2D eigenvalue weighted by molar-refractivity contribution is 5.77. The van der Waals surface area contributed by atoms with Crippen LogP contribution in [0.1, 0.15) is 28.1 Å². The van der Waals surface area contributed by atoms with Gasteiger partial charge in [0.05, 0.1) is 17.8 Å². The zero-order chi connectivity index (χ0) is 21.7. The van der Waals surface area contributed by atoms with E-state index >= 15 is 0 Å². The number of alkyl halides is 3. The molecule has 0 aliphatic rings. The molecule has 1 aromatic heterocycles. The molecule has 0 fully saturated rings. The van der Waals surface area contributed by atoms with E-state index in [0.29, 0.717) is 6.54 Å². The summed E-state index contributed by atoms with van der Waals surface area (Å²) in [5.41, 5.74) is 3.00. The molecule has 3 rings (SSSR count). The Morgan fingerprint density at radius 3 is 2.50 bits per heavy atom. The van der Waals surface area contributed by atoms with E-state index in [1.54, 1.807) is 0 Å². The maximum Gasteiger partial charge on any atom is 0.419 e. The number of benzene rings is 2. The number of nitrogens with one attached hydrogen (secondary N) is 1. The Hall–Kier alpha value is -3.29. The number of ether oxygens (including phenoxy) is 1. The summed E-state index contributed by atoms with van der Waals surface area (Å²) in [5.74, 6) is -0.872. The van der Waals surface area contributed by atoms with E-state index in [1.807, 2.05) is 48.9 Å². The molecule has 0 aliphatic carbocycles. The fourth-order valence-corrected chi connectivity index (χ4v) is 3.07. The van der Waals surface area contributed by atoms with Crippen molar-refractivity contribution in [2.45, 2.75) is 33.1 Å². The number of hydrogen-bond donors (Lipinski definition) is 1. The number of carbonyl (C=O) groups is 1. The van der Waals surface area contributed by atoms with Crippen molar-refractivity contribution in [3.8, 4) is 5.75 Å². The molecule has 0 radical (unpaired) electrons. The van der Waals surface area contributed by atoms with Crippen LogP contribution in [0.25, 0.3) is 0 Å². The second-order valence-electron chi connectivity index (χ2n) is 6.96. The van der Waals surface area contributed by atoms with Gasteiger partial charge < -0.3 is 10.1 Å². The summed E-state index contributed by atoms with van der Waals surface area (Å²) in [6.45, 7) is 4.27. The van der Waals surface area contributed by atoms with E-state index in [1.165, 1.54) is 18.2 Å². The van der Waals surface area contributed by atoms with Crippen LogP contribution >= 0.6 is 0 Å². The Bertz CT molecular complexity index is 1030. The second-order valence-corrected chi connectivity index (χ2v) is 6.96. The van der Waals surface area contributed by atoms with Crippen molar-refractivity contribution in [1.29, 1.82) is 0 Å². The zero-order valence-electron chi connectivity index (χ0n) is 16.7. The molecule has 5 nitrogen and oxygen atoms in total. The first-order valence-corrected chi connectivity index (χ1v) is 9.37. The van der Waals surface area contributed by atoms with Crippen LogP contribution in [0.3, 0.4) is 0 Å². The average molecular weight is 417 g/mol. The van der Waals surface area contributed by atoms with Gasteiger partial charge in [-0.15, -0.1) is 0 Å². The van der Waals surface area contributed by atoms with Crippen LogP contribution in [0, 0.1) is 13.8 Å². The molecule has 0 saturated heterocycles. The minimum atomic E-state index is -4.54. The lowest BCUT2D eigenvalue weighted by molar-refractivity contribution is -0.139. The molecular formula is C22H22F3N3O2. The molecule has 1 heterocycles. The van der Waals surface area contributed by atoms with E-state index < -0.39 is 24.3 Å². The smallest absolute Gasteiger partial charge is 0.419 e. The summed E-state index contributed by atoms with van der Waals surface area (Å²) in [6.07, 6.45) is -4.54. The minimum Gasteiger partial charge on any atom is -0.483 e. The number of aromatic nitrogens is 2. The van der Waals surface area contributed by atoms with E-state index in [2.05, 4.69) is 10.4 Å². The summed E-state index contributed by atoms with van der Waals surface area (Å²) < 4.78 is 45.9. The van der Waals surface area contributed by atoms with E-state index in [9.17, 15) is 18.0 Å². The monoisotopic (exact) mass is 417 g/mol. The van der Waals surface area contributed by atoms with Crippen LogP contribution in [0.2, 0.25) is 0 Å². The molecule has 3 aromatic rings. The van der Waals surface area contributed by atoms with E-state index in [-0.39, 0.29) is 12.3 Å². The predicted molar refractivity (Wildman–Crippen MR) is 106 cm³/mol. The largest absolute Gasteiger partial charge is 0.483 e. The van der Waals surface area contributed by atoms with Crippen LogP contribution in [-0.4, -0.2) is 22.3 Å². The minimum absolute atomic E-state index is 0.244. The van der Waals surface area contributed by atoms with Gasteiger partial charge in [-0.3, -0.25) is 9.48 Å². The fraction of sp³-hybridized carbons (Fsp3) is 0.273. The zero-order valence-corrected chi connectivity index (χ0v) is 16.7. The number of aryl methyl sites for hydroxylation is 2. The fourth-order valence-electron chi connectivity index (χ4n) is 3.07. The summed E-state index contributed by atoms with van der Waals surface area (Å²) in [6, 6.07) is 14.5. The molecule has 2 aromatic carbocycles. The predicted octanol–water partition coefficient (Wildman–Crippen LogP) is 4.26. The third kappa shape index (κ3) is 5.62. The molecule has 0 bridgehead atoms. The molecule has 0 spiro atoms. The van der Waals surface area contributed by atoms with Crippen molar-refractivity contribution in [2.75, 3.05) is 6.61 Å². The number of carbonyl (C=O) groups excluding carboxylic acids is 1. The van der Waals surface area contributed by atoms with Crippen LogP contribution in [-0.2, 0) is 24.1 Å². The Morgan fingerprint density at radius 1 is 1.07 bits per heavy atom. The first-order chi connectivity index (χ1) is 14.2. The van der Waals surface area contributed by atoms with E-state index in [4.69, 9.17) is 4.74 Å². The number of para-hydroxylation sites is 1. The maximum atomic E-state index is 13.0. The summed E-state index contributed by atoms with van der Waals surface area (Å²) >= 11 is 0. The highest BCUT2D eigenvalue weighted by Gasteiger charge is 2.34. The van der Waals surface area contributed by atoms with Gasteiger partial charge in [0.15, 0.2) is 6.61 Å². The van der Waals surface area contributed by atoms with Gasteiger partial charge in [-0.1, -0.05) is 36.4 Å². The maximum absolute atomic E-state index is 13.0. The third-order valence-corrected chi connectivity index (χ3v) is 4.47. The standard InChI is InChI=1S/C22H22F3N3O2/c1-15-10-16(2)28(27-15)13-18-7-5-6-17(11-18)12-26-21(29)14-30-20-9-4-3-8-19(20)22(23,24)25/h3-11H,12-14H2,1-2H3,(H,26,29). The molecule has 0 atom stereocenters. The Morgan fingerprint density at radius 2 is 1.80 bits per heavy atom. The molecule has 8 heteroatoms. The number of rotatable bonds is 7. The molecule has 30 heavy (non-hydrogen) atoms. The van der Waals surface area contributed by atoms with Crippen LogP contribution < -0.4 is 10.1 Å². The first kappa shape index (κ1) is 21.4. The van der Waals surface area contributed by atoms with E-state index in [0.717, 1.165) is 28.6 Å². The quantitative estimate of drug-likeness (QED) is 0.625. The van der Waals surface area contributed by atoms with Gasteiger partial charge in [0.2, 0.25) is 0 Å². The van der Waals surface area contributed by atoms with Gasteiger partial charge in [-0.2, -0.15) is 18.3 Å². The number of halogens is 3. The van der Waals surface area contributed by atoms with Crippen LogP contribution in [0.15, 0.2) is 54.6 Å². The number of hydrogen-bond acceptors (Lipinski definition) is 3. The SMILES string of the molecule is Cc1cc(C)n(Cc2cccc(CNC(=O)COc3ccccc3C(F)(F)F)c2)n1. The Labute approximate surface area is 172 Å². The van der Waals surface area contributed by atoms with Gasteiger partial charge in [0.1, 0.15) is 5.75 Å². The lowest BCUT2D eigenvalue weighted by atomic mass is 10.1. The summed E-state index contributed by atoms with van der Waals surface area (Å²) in [5, 5.41) is 7.10. The van der Waals surface area contributed by atoms with Gasteiger partial charge in [0, 0.05) is 12.2 Å². The topological polar surface area (TPSA) is 56.2 Å². The van der Waals surface area contributed by atoms with Crippen molar-refractivity contribution in [3.63, 3.8) is 0 Å². The molecule has 1 N–H and O–H groups in total. The number of amides is 1.